The van der Waals surface area contributed by atoms with Crippen LogP contribution in [0.3, 0.4) is 0 Å². The Morgan fingerprint density at radius 3 is 2.28 bits per heavy atom. The quantitative estimate of drug-likeness (QED) is 0.628. The van der Waals surface area contributed by atoms with Crippen LogP contribution in [0.15, 0.2) is 0 Å². The number of rotatable bonds is 8. The molecule has 0 radical (unpaired) electrons. The molecule has 0 fully saturated rings. The molecule has 0 aromatic rings. The Morgan fingerprint density at radius 2 is 1.78 bits per heavy atom. The molecule has 0 amide bonds. The molecule has 4 heteroatoms. The van der Waals surface area contributed by atoms with Gasteiger partial charge in [0.15, 0.2) is 0 Å². The molecule has 106 valence electrons. The molecule has 0 rings (SSSR count). The van der Waals surface area contributed by atoms with Gasteiger partial charge in [0, 0.05) is 6.42 Å². The first-order valence-corrected chi connectivity index (χ1v) is 6.72. The molecule has 1 unspecified atom stereocenters. The van der Waals surface area contributed by atoms with E-state index in [-0.39, 0.29) is 5.97 Å². The van der Waals surface area contributed by atoms with Gasteiger partial charge in [-0.05, 0) is 32.6 Å². The lowest BCUT2D eigenvalue weighted by Crippen LogP contribution is -2.39. The van der Waals surface area contributed by atoms with E-state index in [1.165, 1.54) is 0 Å². The maximum atomic E-state index is 11.8. The third-order valence-electron chi connectivity index (χ3n) is 2.60. The predicted octanol–water partition coefficient (Wildman–Crippen LogP) is 3.09. The lowest BCUT2D eigenvalue weighted by Gasteiger charge is -2.23. The SMILES string of the molecule is CCCC(=O)OC(C)(C)C(=O)OCC(C)CCC. The van der Waals surface area contributed by atoms with Crippen LogP contribution in [-0.2, 0) is 19.1 Å². The Kier molecular flexibility index (Phi) is 7.64. The molecule has 4 nitrogen and oxygen atoms in total. The molecule has 0 aliphatic rings. The van der Waals surface area contributed by atoms with E-state index >= 15 is 0 Å². The van der Waals surface area contributed by atoms with Gasteiger partial charge in [-0.1, -0.05) is 27.2 Å². The van der Waals surface area contributed by atoms with Gasteiger partial charge in [0.05, 0.1) is 6.61 Å². The van der Waals surface area contributed by atoms with Crippen molar-refractivity contribution in [1.82, 2.24) is 0 Å². The van der Waals surface area contributed by atoms with E-state index in [9.17, 15) is 9.59 Å². The van der Waals surface area contributed by atoms with Crippen LogP contribution in [-0.4, -0.2) is 24.1 Å². The number of esters is 2. The minimum absolute atomic E-state index is 0.322. The molecule has 0 aromatic carbocycles. The standard InChI is InChI=1S/C14H26O4/c1-6-8-11(3)10-17-13(16)14(4,5)18-12(15)9-7-2/h11H,6-10H2,1-5H3. The first kappa shape index (κ1) is 16.9. The molecule has 0 bridgehead atoms. The third kappa shape index (κ3) is 6.62. The summed E-state index contributed by atoms with van der Waals surface area (Å²) < 4.78 is 10.3. The van der Waals surface area contributed by atoms with Crippen LogP contribution in [0.25, 0.3) is 0 Å². The van der Waals surface area contributed by atoms with E-state index < -0.39 is 11.6 Å². The van der Waals surface area contributed by atoms with Crippen molar-refractivity contribution in [2.24, 2.45) is 5.92 Å². The lowest BCUT2D eigenvalue weighted by molar-refractivity contribution is -0.179. The summed E-state index contributed by atoms with van der Waals surface area (Å²) in [6.45, 7) is 9.52. The van der Waals surface area contributed by atoms with Gasteiger partial charge < -0.3 is 9.47 Å². The van der Waals surface area contributed by atoms with Crippen molar-refractivity contribution in [2.75, 3.05) is 6.61 Å². The molecular weight excluding hydrogens is 232 g/mol. The summed E-state index contributed by atoms with van der Waals surface area (Å²) >= 11 is 0. The highest BCUT2D eigenvalue weighted by molar-refractivity contribution is 5.82. The van der Waals surface area contributed by atoms with Gasteiger partial charge in [0.25, 0.3) is 0 Å². The average molecular weight is 258 g/mol. The molecule has 0 heterocycles. The highest BCUT2D eigenvalue weighted by atomic mass is 16.6. The Balaban J connectivity index is 4.17. The Bertz CT molecular complexity index is 271. The van der Waals surface area contributed by atoms with Crippen molar-refractivity contribution < 1.29 is 19.1 Å². The maximum Gasteiger partial charge on any atom is 0.350 e. The van der Waals surface area contributed by atoms with Crippen LogP contribution in [0.2, 0.25) is 0 Å². The number of ether oxygens (including phenoxy) is 2. The van der Waals surface area contributed by atoms with Crippen LogP contribution < -0.4 is 0 Å². The second kappa shape index (κ2) is 8.11. The summed E-state index contributed by atoms with van der Waals surface area (Å²) in [4.78, 5) is 23.2. The number of hydrogen-bond donors (Lipinski definition) is 0. The second-order valence-electron chi connectivity index (χ2n) is 5.23. The summed E-state index contributed by atoms with van der Waals surface area (Å²) in [5.41, 5.74) is -1.20. The summed E-state index contributed by atoms with van der Waals surface area (Å²) in [5, 5.41) is 0. The number of carbonyl (C=O) groups is 2. The van der Waals surface area contributed by atoms with Crippen molar-refractivity contribution in [1.29, 1.82) is 0 Å². The third-order valence-corrected chi connectivity index (χ3v) is 2.60. The topological polar surface area (TPSA) is 52.6 Å². The minimum Gasteiger partial charge on any atom is -0.462 e. The predicted molar refractivity (Wildman–Crippen MR) is 70.1 cm³/mol. The van der Waals surface area contributed by atoms with E-state index in [0.717, 1.165) is 12.8 Å². The van der Waals surface area contributed by atoms with Crippen LogP contribution in [0.1, 0.15) is 60.3 Å². The van der Waals surface area contributed by atoms with Crippen molar-refractivity contribution in [3.8, 4) is 0 Å². The van der Waals surface area contributed by atoms with Gasteiger partial charge in [0.1, 0.15) is 0 Å². The molecule has 0 aliphatic heterocycles. The van der Waals surface area contributed by atoms with Gasteiger partial charge in [-0.25, -0.2) is 4.79 Å². The highest BCUT2D eigenvalue weighted by Crippen LogP contribution is 2.15. The zero-order valence-corrected chi connectivity index (χ0v) is 12.2. The Labute approximate surface area is 110 Å². The molecule has 0 spiro atoms. The fourth-order valence-electron chi connectivity index (χ4n) is 1.55. The molecule has 1 atom stereocenters. The lowest BCUT2D eigenvalue weighted by atomic mass is 10.1. The molecule has 0 aliphatic carbocycles. The first-order chi connectivity index (χ1) is 8.33. The minimum atomic E-state index is -1.20. The van der Waals surface area contributed by atoms with E-state index in [2.05, 4.69) is 6.92 Å². The number of carbonyl (C=O) groups excluding carboxylic acids is 2. The largest absolute Gasteiger partial charge is 0.462 e. The highest BCUT2D eigenvalue weighted by Gasteiger charge is 2.33. The van der Waals surface area contributed by atoms with Gasteiger partial charge in [-0.15, -0.1) is 0 Å². The average Bonchev–Trinajstić information content (AvgIpc) is 2.25. The van der Waals surface area contributed by atoms with Crippen molar-refractivity contribution >= 4 is 11.9 Å². The van der Waals surface area contributed by atoms with Crippen LogP contribution in [0, 0.1) is 5.92 Å². The van der Waals surface area contributed by atoms with Crippen LogP contribution in [0.4, 0.5) is 0 Å². The molecule has 0 saturated heterocycles. The first-order valence-electron chi connectivity index (χ1n) is 6.72. The zero-order valence-electron chi connectivity index (χ0n) is 12.2. The molecular formula is C14H26O4. The fourth-order valence-corrected chi connectivity index (χ4v) is 1.55. The molecule has 0 N–H and O–H groups in total. The normalized spacial score (nSPS) is 12.9. The maximum absolute atomic E-state index is 11.8. The Morgan fingerprint density at radius 1 is 1.17 bits per heavy atom. The molecule has 18 heavy (non-hydrogen) atoms. The van der Waals surface area contributed by atoms with Crippen LogP contribution >= 0.6 is 0 Å². The second-order valence-corrected chi connectivity index (χ2v) is 5.23. The fraction of sp³-hybridized carbons (Fsp3) is 0.857. The van der Waals surface area contributed by atoms with Crippen molar-refractivity contribution in [3.05, 3.63) is 0 Å². The summed E-state index contributed by atoms with van der Waals surface area (Å²) in [6, 6.07) is 0. The van der Waals surface area contributed by atoms with E-state index in [4.69, 9.17) is 9.47 Å². The van der Waals surface area contributed by atoms with Crippen molar-refractivity contribution in [3.63, 3.8) is 0 Å². The van der Waals surface area contributed by atoms with Crippen LogP contribution in [0.5, 0.6) is 0 Å². The smallest absolute Gasteiger partial charge is 0.350 e. The zero-order chi connectivity index (χ0) is 14.2. The Hall–Kier alpha value is -1.06. The summed E-state index contributed by atoms with van der Waals surface area (Å²) in [7, 11) is 0. The van der Waals surface area contributed by atoms with Crippen molar-refractivity contribution in [2.45, 2.75) is 65.9 Å². The summed E-state index contributed by atoms with van der Waals surface area (Å²) in [6.07, 6.45) is 3.11. The number of hydrogen-bond acceptors (Lipinski definition) is 4. The van der Waals surface area contributed by atoms with Gasteiger partial charge >= 0.3 is 11.9 Å². The van der Waals surface area contributed by atoms with E-state index in [1.54, 1.807) is 13.8 Å². The van der Waals surface area contributed by atoms with E-state index in [0.29, 0.717) is 25.4 Å². The van der Waals surface area contributed by atoms with Gasteiger partial charge in [-0.2, -0.15) is 0 Å². The molecule has 0 saturated carbocycles. The van der Waals surface area contributed by atoms with E-state index in [1.807, 2.05) is 13.8 Å². The van der Waals surface area contributed by atoms with Gasteiger partial charge in [-0.3, -0.25) is 4.79 Å². The monoisotopic (exact) mass is 258 g/mol. The summed E-state index contributed by atoms with van der Waals surface area (Å²) in [5.74, 6) is -0.503. The molecule has 0 aromatic heterocycles. The van der Waals surface area contributed by atoms with Gasteiger partial charge in [0.2, 0.25) is 5.60 Å².